The Hall–Kier alpha value is -2.16. The Morgan fingerprint density at radius 3 is 2.92 bits per heavy atom. The Balaban J connectivity index is 1.48. The summed E-state index contributed by atoms with van der Waals surface area (Å²) in [4.78, 5) is 20.7. The van der Waals surface area contributed by atoms with Gasteiger partial charge in [-0.05, 0) is 26.2 Å². The second kappa shape index (κ2) is 8.98. The minimum atomic E-state index is 0.163. The van der Waals surface area contributed by atoms with Crippen LogP contribution in [0.3, 0.4) is 0 Å². The van der Waals surface area contributed by atoms with Crippen molar-refractivity contribution in [3.63, 3.8) is 0 Å². The van der Waals surface area contributed by atoms with Crippen molar-refractivity contribution in [2.24, 2.45) is 10.9 Å². The molecule has 1 aliphatic carbocycles. The molecule has 1 aromatic heterocycles. The summed E-state index contributed by atoms with van der Waals surface area (Å²) in [6.07, 6.45) is 3.91. The molecule has 0 bridgehead atoms. The van der Waals surface area contributed by atoms with Crippen LogP contribution in [0, 0.1) is 5.92 Å². The van der Waals surface area contributed by atoms with E-state index in [2.05, 4.69) is 31.0 Å². The van der Waals surface area contributed by atoms with Gasteiger partial charge in [0.1, 0.15) is 12.4 Å². The van der Waals surface area contributed by atoms with Crippen LogP contribution >= 0.6 is 0 Å². The van der Waals surface area contributed by atoms with E-state index in [0.717, 1.165) is 56.4 Å². The molecule has 1 aromatic rings. The summed E-state index contributed by atoms with van der Waals surface area (Å²) in [7, 11) is 1.65. The second-order valence-electron chi connectivity index (χ2n) is 6.77. The minimum absolute atomic E-state index is 0.163. The van der Waals surface area contributed by atoms with Crippen LogP contribution in [0.2, 0.25) is 0 Å². The molecule has 3 N–H and O–H groups in total. The van der Waals surface area contributed by atoms with E-state index >= 15 is 0 Å². The molecule has 1 saturated carbocycles. The molecule has 0 saturated heterocycles. The Bertz CT molecular complexity index is 639. The molecule has 1 fully saturated rings. The minimum Gasteiger partial charge on any atom is -0.377 e. The van der Waals surface area contributed by atoms with Crippen molar-refractivity contribution < 1.29 is 9.53 Å². The van der Waals surface area contributed by atoms with Gasteiger partial charge in [-0.15, -0.1) is 0 Å². The number of nitrogens with zero attached hydrogens (tertiary/aromatic N) is 4. The quantitative estimate of drug-likeness (QED) is 0.336. The molecule has 0 radical (unpaired) electrons. The highest BCUT2D eigenvalue weighted by atomic mass is 16.5. The number of fused-ring (bicyclic) bond motifs is 1. The van der Waals surface area contributed by atoms with Crippen molar-refractivity contribution in [3.8, 4) is 0 Å². The number of carbonyl (C=O) groups excluding carboxylic acids is 1. The highest BCUT2D eigenvalue weighted by Crippen LogP contribution is 2.28. The lowest BCUT2D eigenvalue weighted by Crippen LogP contribution is -2.47. The average molecular weight is 363 g/mol. The van der Waals surface area contributed by atoms with Crippen molar-refractivity contribution in [2.45, 2.75) is 51.8 Å². The van der Waals surface area contributed by atoms with Gasteiger partial charge in [0.2, 0.25) is 5.91 Å². The maximum absolute atomic E-state index is 11.6. The lowest BCUT2D eigenvalue weighted by Gasteiger charge is -2.25. The van der Waals surface area contributed by atoms with Crippen LogP contribution in [0.15, 0.2) is 4.99 Å². The monoisotopic (exact) mass is 363 g/mol. The lowest BCUT2D eigenvalue weighted by molar-refractivity contribution is -0.122. The van der Waals surface area contributed by atoms with Crippen molar-refractivity contribution in [1.82, 2.24) is 30.7 Å². The van der Waals surface area contributed by atoms with Crippen LogP contribution < -0.4 is 16.0 Å². The van der Waals surface area contributed by atoms with Crippen LogP contribution in [0.5, 0.6) is 0 Å². The fourth-order valence-corrected chi connectivity index (χ4v) is 3.02. The van der Waals surface area contributed by atoms with Crippen LogP contribution in [-0.4, -0.2) is 59.4 Å². The van der Waals surface area contributed by atoms with Crippen molar-refractivity contribution in [1.29, 1.82) is 0 Å². The van der Waals surface area contributed by atoms with E-state index in [9.17, 15) is 4.79 Å². The Kier molecular flexibility index (Phi) is 6.43. The number of aliphatic imine (C=N–C) groups is 1. The van der Waals surface area contributed by atoms with Crippen LogP contribution in [-0.2, 0) is 29.1 Å². The Morgan fingerprint density at radius 1 is 1.35 bits per heavy atom. The number of nitrogens with one attached hydrogen (secondary N) is 3. The zero-order chi connectivity index (χ0) is 18.4. The van der Waals surface area contributed by atoms with E-state index in [0.29, 0.717) is 19.7 Å². The molecule has 144 valence electrons. The van der Waals surface area contributed by atoms with Gasteiger partial charge >= 0.3 is 0 Å². The van der Waals surface area contributed by atoms with E-state index in [1.165, 1.54) is 0 Å². The Morgan fingerprint density at radius 2 is 2.19 bits per heavy atom. The van der Waals surface area contributed by atoms with Gasteiger partial charge in [-0.25, -0.2) is 9.67 Å². The molecule has 26 heavy (non-hydrogen) atoms. The number of methoxy groups -OCH3 is 1. The van der Waals surface area contributed by atoms with E-state index in [1.54, 1.807) is 7.11 Å². The molecule has 1 atom stereocenters. The number of hydrogen-bond donors (Lipinski definition) is 3. The molecule has 1 unspecified atom stereocenters. The molecule has 9 heteroatoms. The average Bonchev–Trinajstić information content (AvgIpc) is 3.40. The van der Waals surface area contributed by atoms with Crippen LogP contribution in [0.25, 0.3) is 0 Å². The lowest BCUT2D eigenvalue weighted by atomic mass is 10.1. The number of aromatic nitrogens is 3. The van der Waals surface area contributed by atoms with Crippen molar-refractivity contribution in [2.75, 3.05) is 26.7 Å². The molecular formula is C17H29N7O2. The predicted octanol–water partition coefficient (Wildman–Crippen LogP) is -0.179. The van der Waals surface area contributed by atoms with Gasteiger partial charge < -0.3 is 20.7 Å². The van der Waals surface area contributed by atoms with Gasteiger partial charge in [0, 0.05) is 38.6 Å². The van der Waals surface area contributed by atoms with Crippen LogP contribution in [0.1, 0.15) is 37.8 Å². The number of hydrogen-bond acceptors (Lipinski definition) is 5. The molecule has 2 heterocycles. The summed E-state index contributed by atoms with van der Waals surface area (Å²) in [6, 6.07) is 0.249. The number of ether oxygens (including phenoxy) is 1. The van der Waals surface area contributed by atoms with Gasteiger partial charge in [0.05, 0.1) is 13.1 Å². The summed E-state index contributed by atoms with van der Waals surface area (Å²) in [6.45, 7) is 5.17. The summed E-state index contributed by atoms with van der Waals surface area (Å²) >= 11 is 0. The van der Waals surface area contributed by atoms with Crippen molar-refractivity contribution >= 4 is 11.9 Å². The summed E-state index contributed by atoms with van der Waals surface area (Å²) in [5.74, 6) is 2.93. The van der Waals surface area contributed by atoms with Gasteiger partial charge in [-0.1, -0.05) is 0 Å². The number of carbonyl (C=O) groups is 1. The van der Waals surface area contributed by atoms with Gasteiger partial charge in [0.15, 0.2) is 11.8 Å². The van der Waals surface area contributed by atoms with E-state index < -0.39 is 0 Å². The summed E-state index contributed by atoms with van der Waals surface area (Å²) < 4.78 is 7.06. The standard InChI is InChI=1S/C17H29N7O2/c1-3-18-17(20-9-8-19-16(25)12-4-5-12)21-13-6-7-15-22-14(11-26-2)23-24(15)10-13/h12-13H,3-11H2,1-2H3,(H,19,25)(H2,18,20,21). The highest BCUT2D eigenvalue weighted by Gasteiger charge is 2.29. The largest absolute Gasteiger partial charge is 0.377 e. The number of aryl methyl sites for hydroxylation is 1. The summed E-state index contributed by atoms with van der Waals surface area (Å²) in [5, 5.41) is 14.2. The first-order chi connectivity index (χ1) is 12.7. The Labute approximate surface area is 154 Å². The van der Waals surface area contributed by atoms with Crippen LogP contribution in [0.4, 0.5) is 0 Å². The van der Waals surface area contributed by atoms with E-state index in [-0.39, 0.29) is 17.9 Å². The molecule has 0 aromatic carbocycles. The van der Waals surface area contributed by atoms with Crippen molar-refractivity contribution in [3.05, 3.63) is 11.6 Å². The molecule has 3 rings (SSSR count). The molecule has 2 aliphatic rings. The zero-order valence-electron chi connectivity index (χ0n) is 15.6. The highest BCUT2D eigenvalue weighted by molar-refractivity contribution is 5.81. The third-order valence-corrected chi connectivity index (χ3v) is 4.49. The van der Waals surface area contributed by atoms with Gasteiger partial charge in [-0.3, -0.25) is 9.79 Å². The maximum atomic E-state index is 11.6. The van der Waals surface area contributed by atoms with E-state index in [4.69, 9.17) is 4.74 Å². The SMILES string of the molecule is CCNC(=NCCNC(=O)C1CC1)NC1CCc2nc(COC)nn2C1. The van der Waals surface area contributed by atoms with Gasteiger partial charge in [-0.2, -0.15) is 5.10 Å². The fraction of sp³-hybridized carbons (Fsp3) is 0.765. The number of guanidine groups is 1. The molecule has 9 nitrogen and oxygen atoms in total. The molecule has 0 spiro atoms. The van der Waals surface area contributed by atoms with E-state index in [1.807, 2.05) is 11.6 Å². The normalized spacial score (nSPS) is 19.8. The maximum Gasteiger partial charge on any atom is 0.223 e. The smallest absolute Gasteiger partial charge is 0.223 e. The molecule has 1 amide bonds. The third kappa shape index (κ3) is 5.17. The number of amides is 1. The second-order valence-corrected chi connectivity index (χ2v) is 6.77. The predicted molar refractivity (Wildman–Crippen MR) is 97.7 cm³/mol. The molecular weight excluding hydrogens is 334 g/mol. The first-order valence-electron chi connectivity index (χ1n) is 9.43. The first-order valence-corrected chi connectivity index (χ1v) is 9.43. The zero-order valence-corrected chi connectivity index (χ0v) is 15.6. The van der Waals surface area contributed by atoms with Gasteiger partial charge in [0.25, 0.3) is 0 Å². The number of rotatable bonds is 8. The third-order valence-electron chi connectivity index (χ3n) is 4.49. The molecule has 1 aliphatic heterocycles. The topological polar surface area (TPSA) is 105 Å². The first kappa shape index (κ1) is 18.6. The fourth-order valence-electron chi connectivity index (χ4n) is 3.02. The summed E-state index contributed by atoms with van der Waals surface area (Å²) in [5.41, 5.74) is 0.